The summed E-state index contributed by atoms with van der Waals surface area (Å²) in [4.78, 5) is 0. The monoisotopic (exact) mass is 503 g/mol. The lowest BCUT2D eigenvalue weighted by molar-refractivity contribution is 0.0116. The van der Waals surface area contributed by atoms with Crippen molar-refractivity contribution >= 4 is 8.32 Å². The van der Waals surface area contributed by atoms with Crippen molar-refractivity contribution < 1.29 is 19.0 Å². The molecule has 5 nitrogen and oxygen atoms in total. The van der Waals surface area contributed by atoms with Gasteiger partial charge in [-0.1, -0.05) is 58.9 Å². The normalized spacial score (nSPS) is 16.9. The Morgan fingerprint density at radius 1 is 1.11 bits per heavy atom. The summed E-state index contributed by atoms with van der Waals surface area (Å²) in [5, 5.41) is 10.7. The number of allylic oxidation sites excluding steroid dienone is 1. The third kappa shape index (κ3) is 11.8. The number of aliphatic hydroxyl groups is 1. The fourth-order valence-electron chi connectivity index (χ4n) is 3.52. The molecule has 0 amide bonds. The van der Waals surface area contributed by atoms with Crippen LogP contribution in [0.2, 0.25) is 18.1 Å². The first kappa shape index (κ1) is 31.4. The van der Waals surface area contributed by atoms with Gasteiger partial charge in [0.2, 0.25) is 0 Å². The molecule has 0 aromatic heterocycles. The Morgan fingerprint density at radius 3 is 2.29 bits per heavy atom. The van der Waals surface area contributed by atoms with Gasteiger partial charge in [-0.2, -0.15) is 0 Å². The van der Waals surface area contributed by atoms with Crippen LogP contribution in [-0.2, 0) is 15.8 Å². The van der Waals surface area contributed by atoms with Gasteiger partial charge in [0.25, 0.3) is 0 Å². The molecule has 0 aliphatic rings. The van der Waals surface area contributed by atoms with Crippen molar-refractivity contribution in [2.24, 2.45) is 17.6 Å². The number of benzene rings is 1. The minimum atomic E-state index is -1.93. The van der Waals surface area contributed by atoms with E-state index in [4.69, 9.17) is 26.1 Å². The third-order valence-corrected chi connectivity index (χ3v) is 11.4. The minimum Gasteiger partial charge on any atom is -0.497 e. The molecule has 0 bridgehead atoms. The van der Waals surface area contributed by atoms with Crippen LogP contribution in [0.1, 0.15) is 59.4 Å². The lowest BCUT2D eigenvalue weighted by Crippen LogP contribution is -2.45. The van der Waals surface area contributed by atoms with Crippen LogP contribution < -0.4 is 10.5 Å². The van der Waals surface area contributed by atoms with Gasteiger partial charge >= 0.3 is 0 Å². The topological polar surface area (TPSA) is 73.9 Å². The summed E-state index contributed by atoms with van der Waals surface area (Å²) in [6.45, 7) is 16.2. The van der Waals surface area contributed by atoms with Crippen LogP contribution in [-0.4, -0.2) is 45.4 Å². The van der Waals surface area contributed by atoms with E-state index in [0.29, 0.717) is 13.0 Å². The van der Waals surface area contributed by atoms with Gasteiger partial charge < -0.3 is 24.7 Å². The van der Waals surface area contributed by atoms with E-state index < -0.39 is 14.4 Å². The Bertz CT molecular complexity index is 794. The van der Waals surface area contributed by atoms with E-state index in [1.807, 2.05) is 31.2 Å². The number of methoxy groups -OCH3 is 1. The molecule has 0 fully saturated rings. The van der Waals surface area contributed by atoms with Crippen molar-refractivity contribution in [2.75, 3.05) is 13.7 Å². The second-order valence-corrected chi connectivity index (χ2v) is 16.0. The van der Waals surface area contributed by atoms with Gasteiger partial charge in [0.05, 0.1) is 26.4 Å². The number of hydrogen-bond acceptors (Lipinski definition) is 5. The average Bonchev–Trinajstić information content (AvgIpc) is 2.76. The summed E-state index contributed by atoms with van der Waals surface area (Å²) >= 11 is 0. The molecule has 1 aromatic carbocycles. The molecular weight excluding hydrogens is 454 g/mol. The van der Waals surface area contributed by atoms with Crippen LogP contribution in [0.5, 0.6) is 5.75 Å². The maximum Gasteiger partial charge on any atom is 0.192 e. The SMILES string of the molecule is C#CC[C@H](N)C[C@@H](C[C@H](C)/C=C/[C@@H](C)[C@@H](O)COCc1ccc(OC)cc1)O[Si](C)(C)C(C)(C)C. The molecule has 1 rings (SSSR count). The zero-order valence-electron chi connectivity index (χ0n) is 23.2. The minimum absolute atomic E-state index is 0.0169. The van der Waals surface area contributed by atoms with Crippen molar-refractivity contribution in [3.8, 4) is 18.1 Å². The number of rotatable bonds is 15. The molecule has 0 saturated carbocycles. The van der Waals surface area contributed by atoms with Crippen LogP contribution in [0, 0.1) is 24.2 Å². The predicted molar refractivity (Wildman–Crippen MR) is 149 cm³/mol. The molecule has 0 unspecified atom stereocenters. The lowest BCUT2D eigenvalue weighted by atomic mass is 9.95. The summed E-state index contributed by atoms with van der Waals surface area (Å²) < 4.78 is 17.6. The molecule has 198 valence electrons. The van der Waals surface area contributed by atoms with Crippen molar-refractivity contribution in [2.45, 2.75) is 96.9 Å². The highest BCUT2D eigenvalue weighted by Gasteiger charge is 2.39. The Hall–Kier alpha value is -1.62. The van der Waals surface area contributed by atoms with Gasteiger partial charge in [-0.15, -0.1) is 12.3 Å². The van der Waals surface area contributed by atoms with E-state index in [2.05, 4.69) is 58.9 Å². The Balaban J connectivity index is 2.62. The zero-order chi connectivity index (χ0) is 26.6. The molecule has 35 heavy (non-hydrogen) atoms. The van der Waals surface area contributed by atoms with Crippen LogP contribution in [0.4, 0.5) is 0 Å². The predicted octanol–water partition coefficient (Wildman–Crippen LogP) is 5.92. The highest BCUT2D eigenvalue weighted by atomic mass is 28.4. The molecule has 0 heterocycles. The van der Waals surface area contributed by atoms with Gasteiger partial charge in [0.15, 0.2) is 8.32 Å². The lowest BCUT2D eigenvalue weighted by Gasteiger charge is -2.40. The smallest absolute Gasteiger partial charge is 0.192 e. The summed E-state index contributed by atoms with van der Waals surface area (Å²) in [6, 6.07) is 7.68. The van der Waals surface area contributed by atoms with E-state index in [1.165, 1.54) is 0 Å². The summed E-state index contributed by atoms with van der Waals surface area (Å²) in [5.74, 6) is 3.76. The second-order valence-electron chi connectivity index (χ2n) is 11.3. The fourth-order valence-corrected chi connectivity index (χ4v) is 4.90. The Kier molecular flexibility index (Phi) is 13.3. The molecular formula is C29H49NO4Si. The van der Waals surface area contributed by atoms with Gasteiger partial charge in [0, 0.05) is 24.5 Å². The van der Waals surface area contributed by atoms with Crippen LogP contribution >= 0.6 is 0 Å². The highest BCUT2D eigenvalue weighted by Crippen LogP contribution is 2.38. The summed E-state index contributed by atoms with van der Waals surface area (Å²) in [6.07, 6.45) is 11.4. The van der Waals surface area contributed by atoms with Gasteiger partial charge in [-0.05, 0) is 54.6 Å². The third-order valence-electron chi connectivity index (χ3n) is 6.91. The molecule has 1 aromatic rings. The summed E-state index contributed by atoms with van der Waals surface area (Å²) in [5.41, 5.74) is 7.32. The maximum absolute atomic E-state index is 10.5. The molecule has 6 heteroatoms. The van der Waals surface area contributed by atoms with Crippen molar-refractivity contribution in [3.63, 3.8) is 0 Å². The standard InChI is InChI=1S/C29H49NO4Si/c1-10-11-25(30)19-27(34-35(8,9)29(4,5)6)18-22(2)12-13-23(3)28(31)21-33-20-24-14-16-26(32-7)17-15-24/h1,12-17,22-23,25,27-28,31H,11,18-21,30H2,2-9H3/b13-12+/t22-,23-,25+,27-,28+/m1/s1. The summed E-state index contributed by atoms with van der Waals surface area (Å²) in [7, 11) is -0.284. The van der Waals surface area contributed by atoms with Crippen molar-refractivity contribution in [1.29, 1.82) is 0 Å². The van der Waals surface area contributed by atoms with Gasteiger partial charge in [-0.3, -0.25) is 0 Å². The van der Waals surface area contributed by atoms with Gasteiger partial charge in [0.1, 0.15) is 5.75 Å². The molecule has 0 spiro atoms. The molecule has 5 atom stereocenters. The Morgan fingerprint density at radius 2 is 1.74 bits per heavy atom. The van der Waals surface area contributed by atoms with E-state index in [-0.39, 0.29) is 35.6 Å². The largest absolute Gasteiger partial charge is 0.497 e. The average molecular weight is 504 g/mol. The van der Waals surface area contributed by atoms with Crippen LogP contribution in [0.25, 0.3) is 0 Å². The molecule has 3 N–H and O–H groups in total. The van der Waals surface area contributed by atoms with Crippen LogP contribution in [0.3, 0.4) is 0 Å². The second kappa shape index (κ2) is 14.8. The molecule has 0 radical (unpaired) electrons. The van der Waals surface area contributed by atoms with E-state index in [1.54, 1.807) is 7.11 Å². The first-order chi connectivity index (χ1) is 16.3. The van der Waals surface area contributed by atoms with E-state index >= 15 is 0 Å². The molecule has 0 saturated heterocycles. The number of hydrogen-bond donors (Lipinski definition) is 2. The maximum atomic E-state index is 10.5. The number of terminal acetylenes is 1. The fraction of sp³-hybridized carbons (Fsp3) is 0.655. The van der Waals surface area contributed by atoms with Crippen molar-refractivity contribution in [1.82, 2.24) is 0 Å². The van der Waals surface area contributed by atoms with Crippen LogP contribution in [0.15, 0.2) is 36.4 Å². The van der Waals surface area contributed by atoms with E-state index in [0.717, 1.165) is 24.2 Å². The molecule has 0 aliphatic heterocycles. The number of ether oxygens (including phenoxy) is 2. The van der Waals surface area contributed by atoms with Gasteiger partial charge in [-0.25, -0.2) is 0 Å². The van der Waals surface area contributed by atoms with Crippen molar-refractivity contribution in [3.05, 3.63) is 42.0 Å². The highest BCUT2D eigenvalue weighted by molar-refractivity contribution is 6.74. The number of aliphatic hydroxyl groups excluding tert-OH is 1. The number of nitrogens with two attached hydrogens (primary N) is 1. The van der Waals surface area contributed by atoms with E-state index in [9.17, 15) is 5.11 Å². The zero-order valence-corrected chi connectivity index (χ0v) is 24.2. The first-order valence-electron chi connectivity index (χ1n) is 12.7. The Labute approximate surface area is 215 Å². The first-order valence-corrected chi connectivity index (χ1v) is 15.6. The quantitative estimate of drug-likeness (QED) is 0.176. The molecule has 0 aliphatic carbocycles.